The van der Waals surface area contributed by atoms with Crippen molar-refractivity contribution in [1.82, 2.24) is 10.9 Å². The minimum Gasteiger partial charge on any atom is -0.306 e. The minimum atomic E-state index is -0.191. The summed E-state index contributed by atoms with van der Waals surface area (Å²) < 4.78 is 0. The van der Waals surface area contributed by atoms with Gasteiger partial charge in [0.05, 0.1) is 12.2 Å². The number of nitrogens with zero attached hydrogens (tertiary/aromatic N) is 1. The van der Waals surface area contributed by atoms with Gasteiger partial charge in [-0.25, -0.2) is 0 Å². The van der Waals surface area contributed by atoms with Crippen molar-refractivity contribution in [3.63, 3.8) is 0 Å². The summed E-state index contributed by atoms with van der Waals surface area (Å²) in [5, 5.41) is 0. The molecule has 1 aliphatic heterocycles. The Labute approximate surface area is 161 Å². The summed E-state index contributed by atoms with van der Waals surface area (Å²) in [6, 6.07) is 15.9. The molecule has 1 heterocycles. The standard InChI is InChI=1S/C23H27N3O/c1-17(15-23(2,3)25-24-4)22(27)26-16-20-11-6-5-9-18(20)13-14-19-10-7-8-12-21(19)26/h5-12,17,24-25H,15-16H2,1-4H3. The Morgan fingerprint density at radius 3 is 2.48 bits per heavy atom. The maximum Gasteiger partial charge on any atom is 0.230 e. The molecular weight excluding hydrogens is 334 g/mol. The zero-order chi connectivity index (χ0) is 19.4. The Hall–Kier alpha value is -2.61. The van der Waals surface area contributed by atoms with Crippen LogP contribution >= 0.6 is 0 Å². The molecule has 0 bridgehead atoms. The van der Waals surface area contributed by atoms with E-state index in [9.17, 15) is 4.79 Å². The van der Waals surface area contributed by atoms with E-state index in [1.807, 2.05) is 61.3 Å². The third kappa shape index (κ3) is 4.39. The van der Waals surface area contributed by atoms with Crippen molar-refractivity contribution in [2.24, 2.45) is 5.92 Å². The summed E-state index contributed by atoms with van der Waals surface area (Å²) in [6.07, 6.45) is 0.721. The number of benzene rings is 2. The van der Waals surface area contributed by atoms with Gasteiger partial charge in [-0.05, 0) is 51.1 Å². The Morgan fingerprint density at radius 1 is 1.11 bits per heavy atom. The summed E-state index contributed by atoms with van der Waals surface area (Å²) in [4.78, 5) is 15.3. The molecule has 2 N–H and O–H groups in total. The summed E-state index contributed by atoms with van der Waals surface area (Å²) in [7, 11) is 1.85. The highest BCUT2D eigenvalue weighted by Gasteiger charge is 2.29. The quantitative estimate of drug-likeness (QED) is 0.633. The third-order valence-electron chi connectivity index (χ3n) is 4.84. The van der Waals surface area contributed by atoms with Gasteiger partial charge in [0.25, 0.3) is 0 Å². The lowest BCUT2D eigenvalue weighted by molar-refractivity contribution is -0.122. The summed E-state index contributed by atoms with van der Waals surface area (Å²) in [5.74, 6) is 6.49. The number of nitrogens with one attached hydrogen (secondary N) is 2. The fourth-order valence-electron chi connectivity index (χ4n) is 3.69. The van der Waals surface area contributed by atoms with Gasteiger partial charge >= 0.3 is 0 Å². The van der Waals surface area contributed by atoms with Crippen molar-refractivity contribution in [3.8, 4) is 11.8 Å². The summed E-state index contributed by atoms with van der Waals surface area (Å²) >= 11 is 0. The predicted octanol–water partition coefficient (Wildman–Crippen LogP) is 3.46. The maximum atomic E-state index is 13.4. The van der Waals surface area contributed by atoms with E-state index in [0.29, 0.717) is 6.54 Å². The van der Waals surface area contributed by atoms with Crippen LogP contribution in [0, 0.1) is 17.8 Å². The second kappa shape index (κ2) is 7.96. The molecule has 1 atom stereocenters. The van der Waals surface area contributed by atoms with Gasteiger partial charge in [-0.3, -0.25) is 15.6 Å². The lowest BCUT2D eigenvalue weighted by atomic mass is 9.90. The molecule has 27 heavy (non-hydrogen) atoms. The first-order valence-corrected chi connectivity index (χ1v) is 9.35. The molecule has 0 saturated heterocycles. The number of hydrogen-bond donors (Lipinski definition) is 2. The molecule has 0 aromatic heterocycles. The lowest BCUT2D eigenvalue weighted by Gasteiger charge is -2.32. The van der Waals surface area contributed by atoms with Gasteiger partial charge in [0, 0.05) is 22.6 Å². The third-order valence-corrected chi connectivity index (χ3v) is 4.84. The fourth-order valence-corrected chi connectivity index (χ4v) is 3.69. The highest BCUT2D eigenvalue weighted by molar-refractivity contribution is 5.96. The first-order chi connectivity index (χ1) is 12.9. The van der Waals surface area contributed by atoms with Crippen LogP contribution in [0.4, 0.5) is 5.69 Å². The largest absolute Gasteiger partial charge is 0.306 e. The van der Waals surface area contributed by atoms with E-state index in [0.717, 1.165) is 28.8 Å². The molecule has 0 saturated carbocycles. The first-order valence-electron chi connectivity index (χ1n) is 9.35. The van der Waals surface area contributed by atoms with Crippen LogP contribution in [-0.2, 0) is 11.3 Å². The molecule has 2 aromatic rings. The van der Waals surface area contributed by atoms with E-state index in [4.69, 9.17) is 0 Å². The molecule has 3 rings (SSSR count). The monoisotopic (exact) mass is 361 g/mol. The van der Waals surface area contributed by atoms with Gasteiger partial charge in [0.15, 0.2) is 0 Å². The van der Waals surface area contributed by atoms with Gasteiger partial charge in [-0.15, -0.1) is 0 Å². The number of fused-ring (bicyclic) bond motifs is 2. The second-order valence-electron chi connectivity index (χ2n) is 7.71. The Kier molecular flexibility index (Phi) is 5.65. The van der Waals surface area contributed by atoms with E-state index in [-0.39, 0.29) is 17.4 Å². The number of para-hydroxylation sites is 1. The number of hydrazine groups is 1. The Morgan fingerprint density at radius 2 is 1.74 bits per heavy atom. The summed E-state index contributed by atoms with van der Waals surface area (Å²) in [5.41, 5.74) is 9.85. The van der Waals surface area contributed by atoms with Gasteiger partial charge in [0.1, 0.15) is 0 Å². The molecule has 1 unspecified atom stereocenters. The van der Waals surface area contributed by atoms with Gasteiger partial charge < -0.3 is 4.90 Å². The van der Waals surface area contributed by atoms with Gasteiger partial charge in [0.2, 0.25) is 5.91 Å². The molecule has 140 valence electrons. The molecule has 1 aliphatic rings. The second-order valence-corrected chi connectivity index (χ2v) is 7.71. The van der Waals surface area contributed by atoms with Crippen molar-refractivity contribution < 1.29 is 4.79 Å². The molecule has 0 radical (unpaired) electrons. The van der Waals surface area contributed by atoms with Crippen molar-refractivity contribution in [3.05, 3.63) is 65.2 Å². The maximum absolute atomic E-state index is 13.4. The van der Waals surface area contributed by atoms with Crippen LogP contribution in [0.5, 0.6) is 0 Å². The van der Waals surface area contributed by atoms with Crippen LogP contribution < -0.4 is 15.8 Å². The highest BCUT2D eigenvalue weighted by Crippen LogP contribution is 2.28. The van der Waals surface area contributed by atoms with E-state index >= 15 is 0 Å². The average Bonchev–Trinajstić information content (AvgIpc) is 2.62. The van der Waals surface area contributed by atoms with E-state index in [2.05, 4.69) is 42.6 Å². The van der Waals surface area contributed by atoms with E-state index < -0.39 is 0 Å². The van der Waals surface area contributed by atoms with Crippen molar-refractivity contribution in [1.29, 1.82) is 0 Å². The molecule has 1 amide bonds. The zero-order valence-corrected chi connectivity index (χ0v) is 16.5. The molecule has 2 aromatic carbocycles. The predicted molar refractivity (Wildman–Crippen MR) is 110 cm³/mol. The zero-order valence-electron chi connectivity index (χ0n) is 16.5. The van der Waals surface area contributed by atoms with Crippen LogP contribution in [-0.4, -0.2) is 18.5 Å². The fraction of sp³-hybridized carbons (Fsp3) is 0.348. The van der Waals surface area contributed by atoms with Crippen LogP contribution in [0.2, 0.25) is 0 Å². The van der Waals surface area contributed by atoms with Crippen molar-refractivity contribution in [2.75, 3.05) is 11.9 Å². The number of rotatable bonds is 5. The minimum absolute atomic E-state index is 0.118. The number of amides is 1. The number of carbonyl (C=O) groups excluding carboxylic acids is 1. The molecule has 4 heteroatoms. The summed E-state index contributed by atoms with van der Waals surface area (Å²) in [6.45, 7) is 6.72. The van der Waals surface area contributed by atoms with Crippen LogP contribution in [0.25, 0.3) is 0 Å². The molecule has 4 nitrogen and oxygen atoms in total. The molecule has 0 spiro atoms. The molecule has 0 fully saturated rings. The number of anilines is 1. The van der Waals surface area contributed by atoms with Crippen LogP contribution in [0.15, 0.2) is 48.5 Å². The molecule has 0 aliphatic carbocycles. The normalized spacial score (nSPS) is 14.1. The Balaban J connectivity index is 1.97. The topological polar surface area (TPSA) is 44.4 Å². The van der Waals surface area contributed by atoms with Crippen molar-refractivity contribution in [2.45, 2.75) is 39.3 Å². The van der Waals surface area contributed by atoms with E-state index in [1.165, 1.54) is 0 Å². The SMILES string of the molecule is CNNC(C)(C)CC(C)C(=O)N1Cc2ccccc2C#Cc2ccccc21. The van der Waals surface area contributed by atoms with Gasteiger partial charge in [-0.1, -0.05) is 49.1 Å². The average molecular weight is 361 g/mol. The van der Waals surface area contributed by atoms with Crippen LogP contribution in [0.1, 0.15) is 43.9 Å². The highest BCUT2D eigenvalue weighted by atomic mass is 16.2. The van der Waals surface area contributed by atoms with Crippen LogP contribution in [0.3, 0.4) is 0 Å². The first kappa shape index (κ1) is 19.2. The van der Waals surface area contributed by atoms with E-state index in [1.54, 1.807) is 0 Å². The Bertz CT molecular complexity index is 892. The lowest BCUT2D eigenvalue weighted by Crippen LogP contribution is -2.49. The number of carbonyl (C=O) groups is 1. The van der Waals surface area contributed by atoms with Crippen molar-refractivity contribution >= 4 is 11.6 Å². The van der Waals surface area contributed by atoms with Gasteiger partial charge in [-0.2, -0.15) is 0 Å². The smallest absolute Gasteiger partial charge is 0.230 e. The molecular formula is C23H27N3O. The number of hydrogen-bond acceptors (Lipinski definition) is 3.